The molecule has 4 rings (SSSR count). The summed E-state index contributed by atoms with van der Waals surface area (Å²) in [5.41, 5.74) is 0.822. The Morgan fingerprint density at radius 2 is 1.97 bits per heavy atom. The number of halogens is 1. The van der Waals surface area contributed by atoms with Gasteiger partial charge < -0.3 is 10.1 Å². The Morgan fingerprint density at radius 3 is 2.62 bits per heavy atom. The second kappa shape index (κ2) is 8.24. The Labute approximate surface area is 172 Å². The van der Waals surface area contributed by atoms with Gasteiger partial charge in [0.15, 0.2) is 5.17 Å². The van der Waals surface area contributed by atoms with Gasteiger partial charge in [0.2, 0.25) is 11.8 Å². The Bertz CT molecular complexity index is 960. The lowest BCUT2D eigenvalue weighted by atomic mass is 10.2. The highest BCUT2D eigenvalue weighted by Gasteiger charge is 2.46. The van der Waals surface area contributed by atoms with Gasteiger partial charge in [-0.2, -0.15) is 0 Å². The Hall–Kier alpha value is -2.87. The lowest BCUT2D eigenvalue weighted by Crippen LogP contribution is -2.35. The number of benzene rings is 2. The number of rotatable bonds is 6. The fourth-order valence-corrected chi connectivity index (χ4v) is 4.28. The maximum atomic E-state index is 13.8. The number of nitrogens with zero attached hydrogens (tertiary/aromatic N) is 2. The molecule has 2 aliphatic rings. The maximum Gasteiger partial charge on any atom is 0.242 e. The van der Waals surface area contributed by atoms with Crippen molar-refractivity contribution in [3.63, 3.8) is 0 Å². The molecule has 0 unspecified atom stereocenters. The third-order valence-electron chi connectivity index (χ3n) is 4.69. The van der Waals surface area contributed by atoms with Gasteiger partial charge in [0.05, 0.1) is 18.5 Å². The fourth-order valence-electron chi connectivity index (χ4n) is 3.06. The molecule has 0 radical (unpaired) electrons. The molecule has 1 aliphatic carbocycles. The third-order valence-corrected chi connectivity index (χ3v) is 5.85. The predicted molar refractivity (Wildman–Crippen MR) is 111 cm³/mol. The Morgan fingerprint density at radius 1 is 1.24 bits per heavy atom. The summed E-state index contributed by atoms with van der Waals surface area (Å²) in [5, 5.41) is 2.58. The molecule has 1 atom stereocenters. The van der Waals surface area contributed by atoms with Crippen molar-refractivity contribution >= 4 is 40.1 Å². The molecule has 1 N–H and O–H groups in total. The van der Waals surface area contributed by atoms with E-state index in [9.17, 15) is 14.0 Å². The number of carbonyl (C=O) groups excluding carboxylic acids is 2. The number of anilines is 1. The number of thioether (sulfide) groups is 1. The topological polar surface area (TPSA) is 71.0 Å². The van der Waals surface area contributed by atoms with Crippen LogP contribution in [0, 0.1) is 5.82 Å². The molecule has 150 valence electrons. The van der Waals surface area contributed by atoms with Gasteiger partial charge in [-0.15, -0.1) is 0 Å². The van der Waals surface area contributed by atoms with E-state index in [1.807, 2.05) is 24.3 Å². The summed E-state index contributed by atoms with van der Waals surface area (Å²) in [6, 6.07) is 13.4. The average Bonchev–Trinajstić information content (AvgIpc) is 3.50. The van der Waals surface area contributed by atoms with Crippen molar-refractivity contribution in [1.82, 2.24) is 4.90 Å². The summed E-state index contributed by atoms with van der Waals surface area (Å²) in [4.78, 5) is 31.6. The van der Waals surface area contributed by atoms with Crippen LogP contribution in [0.4, 0.5) is 15.8 Å². The van der Waals surface area contributed by atoms with E-state index in [1.54, 1.807) is 24.1 Å². The minimum atomic E-state index is -0.570. The van der Waals surface area contributed by atoms with Crippen molar-refractivity contribution in [2.45, 2.75) is 30.6 Å². The molecular weight excluding hydrogens is 393 g/mol. The van der Waals surface area contributed by atoms with Crippen LogP contribution in [0.3, 0.4) is 0 Å². The standard InChI is InChI=1S/C21H20FN3O3S/c1-28-15-10-6-13(7-11-15)23-21-25(14-8-9-14)20(27)18(29-21)12-19(26)24-17-5-3-2-4-16(17)22/h2-7,10-11,14,18H,8-9,12H2,1H3,(H,24,26)/t18-/m1/s1. The summed E-state index contributed by atoms with van der Waals surface area (Å²) < 4.78 is 18.9. The molecule has 2 amide bonds. The van der Waals surface area contributed by atoms with E-state index in [-0.39, 0.29) is 24.1 Å². The van der Waals surface area contributed by atoms with Gasteiger partial charge in [0, 0.05) is 12.5 Å². The van der Waals surface area contributed by atoms with E-state index < -0.39 is 17.0 Å². The van der Waals surface area contributed by atoms with Gasteiger partial charge in [0.1, 0.15) is 16.8 Å². The van der Waals surface area contributed by atoms with Crippen molar-refractivity contribution in [1.29, 1.82) is 0 Å². The minimum absolute atomic E-state index is 0.0390. The minimum Gasteiger partial charge on any atom is -0.497 e. The molecule has 0 bridgehead atoms. The quantitative estimate of drug-likeness (QED) is 0.778. The van der Waals surface area contributed by atoms with E-state index in [0.717, 1.165) is 18.6 Å². The predicted octanol–water partition coefficient (Wildman–Crippen LogP) is 3.96. The highest BCUT2D eigenvalue weighted by atomic mass is 32.2. The molecule has 2 aromatic rings. The molecule has 2 fully saturated rings. The van der Waals surface area contributed by atoms with Crippen LogP contribution in [0.15, 0.2) is 53.5 Å². The molecular formula is C21H20FN3O3S. The van der Waals surface area contributed by atoms with E-state index >= 15 is 0 Å². The third kappa shape index (κ3) is 4.42. The molecule has 8 heteroatoms. The molecule has 2 aromatic carbocycles. The van der Waals surface area contributed by atoms with Gasteiger partial charge in [-0.25, -0.2) is 9.38 Å². The van der Waals surface area contributed by atoms with Crippen molar-refractivity contribution in [2.75, 3.05) is 12.4 Å². The average molecular weight is 413 g/mol. The van der Waals surface area contributed by atoms with E-state index in [1.165, 1.54) is 23.9 Å². The van der Waals surface area contributed by atoms with Crippen LogP contribution < -0.4 is 10.1 Å². The first-order valence-electron chi connectivity index (χ1n) is 9.32. The molecule has 1 heterocycles. The smallest absolute Gasteiger partial charge is 0.242 e. The van der Waals surface area contributed by atoms with E-state index in [4.69, 9.17) is 4.74 Å². The van der Waals surface area contributed by atoms with Crippen LogP contribution >= 0.6 is 11.8 Å². The number of ether oxygens (including phenoxy) is 1. The van der Waals surface area contributed by atoms with Gasteiger partial charge in [-0.3, -0.25) is 14.5 Å². The summed E-state index contributed by atoms with van der Waals surface area (Å²) >= 11 is 1.28. The zero-order valence-corrected chi connectivity index (χ0v) is 16.6. The van der Waals surface area contributed by atoms with Crippen molar-refractivity contribution in [3.05, 3.63) is 54.3 Å². The summed E-state index contributed by atoms with van der Waals surface area (Å²) in [6.07, 6.45) is 1.83. The van der Waals surface area contributed by atoms with E-state index in [0.29, 0.717) is 10.9 Å². The van der Waals surface area contributed by atoms with Crippen LogP contribution in [0.2, 0.25) is 0 Å². The second-order valence-corrected chi connectivity index (χ2v) is 8.04. The largest absolute Gasteiger partial charge is 0.497 e. The first-order valence-corrected chi connectivity index (χ1v) is 10.2. The second-order valence-electron chi connectivity index (χ2n) is 6.87. The maximum absolute atomic E-state index is 13.8. The lowest BCUT2D eigenvalue weighted by Gasteiger charge is -2.15. The van der Waals surface area contributed by atoms with Crippen molar-refractivity contribution in [2.24, 2.45) is 4.99 Å². The zero-order chi connectivity index (χ0) is 20.4. The number of aliphatic imine (C=N–C) groups is 1. The van der Waals surface area contributed by atoms with Crippen LogP contribution in [0.25, 0.3) is 0 Å². The number of hydrogen-bond donors (Lipinski definition) is 1. The van der Waals surface area contributed by atoms with Gasteiger partial charge >= 0.3 is 0 Å². The number of hydrogen-bond acceptors (Lipinski definition) is 5. The first kappa shape index (κ1) is 19.4. The highest BCUT2D eigenvalue weighted by molar-refractivity contribution is 8.15. The van der Waals surface area contributed by atoms with Crippen LogP contribution in [-0.2, 0) is 9.59 Å². The molecule has 29 heavy (non-hydrogen) atoms. The van der Waals surface area contributed by atoms with Crippen LogP contribution in [0.5, 0.6) is 5.75 Å². The Balaban J connectivity index is 1.48. The number of para-hydroxylation sites is 1. The van der Waals surface area contributed by atoms with Crippen molar-refractivity contribution in [3.8, 4) is 5.75 Å². The van der Waals surface area contributed by atoms with Crippen molar-refractivity contribution < 1.29 is 18.7 Å². The fraction of sp³-hybridized carbons (Fsp3) is 0.286. The molecule has 6 nitrogen and oxygen atoms in total. The van der Waals surface area contributed by atoms with Gasteiger partial charge in [-0.05, 0) is 49.2 Å². The van der Waals surface area contributed by atoms with Gasteiger partial charge in [0.25, 0.3) is 0 Å². The number of methoxy groups -OCH3 is 1. The molecule has 0 spiro atoms. The number of nitrogens with one attached hydrogen (secondary N) is 1. The van der Waals surface area contributed by atoms with Crippen LogP contribution in [0.1, 0.15) is 19.3 Å². The van der Waals surface area contributed by atoms with Crippen LogP contribution in [-0.4, -0.2) is 40.3 Å². The monoisotopic (exact) mass is 413 g/mol. The summed E-state index contributed by atoms with van der Waals surface area (Å²) in [5.74, 6) is -0.297. The normalized spacial score (nSPS) is 20.2. The zero-order valence-electron chi connectivity index (χ0n) is 15.8. The van der Waals surface area contributed by atoms with E-state index in [2.05, 4.69) is 10.3 Å². The summed E-state index contributed by atoms with van der Waals surface area (Å²) in [7, 11) is 1.60. The molecule has 1 saturated carbocycles. The Kier molecular flexibility index (Phi) is 5.53. The number of amides is 2. The number of carbonyl (C=O) groups is 2. The first-order chi connectivity index (χ1) is 14.0. The highest BCUT2D eigenvalue weighted by Crippen LogP contribution is 2.39. The molecule has 0 aromatic heterocycles. The summed E-state index contributed by atoms with van der Waals surface area (Å²) in [6.45, 7) is 0. The number of amidine groups is 1. The van der Waals surface area contributed by atoms with Gasteiger partial charge in [-0.1, -0.05) is 23.9 Å². The lowest BCUT2D eigenvalue weighted by molar-refractivity contribution is -0.128. The molecule has 1 saturated heterocycles. The molecule has 1 aliphatic heterocycles. The SMILES string of the molecule is COc1ccc(N=C2S[C@H](CC(=O)Nc3ccccc3F)C(=O)N2C2CC2)cc1.